The van der Waals surface area contributed by atoms with Crippen LogP contribution in [0.2, 0.25) is 0 Å². The van der Waals surface area contributed by atoms with Gasteiger partial charge in [-0.2, -0.15) is 0 Å². The second-order valence-electron chi connectivity index (χ2n) is 2.83. The molecule has 9 heteroatoms. The van der Waals surface area contributed by atoms with Gasteiger partial charge in [0.15, 0.2) is 0 Å². The number of nitrogens with zero attached hydrogens (tertiary/aromatic N) is 1. The zero-order valence-electron chi connectivity index (χ0n) is 7.87. The largest absolute Gasteiger partial charge is 0.573 e. The molecule has 0 saturated carbocycles. The number of rotatable bonds is 3. The number of nitro benzene ring substituents is 1. The summed E-state index contributed by atoms with van der Waals surface area (Å²) in [5.41, 5.74) is -1.83. The van der Waals surface area contributed by atoms with Crippen LogP contribution in [0.4, 0.5) is 27.6 Å². The molecule has 0 aliphatic carbocycles. The Balaban J connectivity index is 3.21. The van der Waals surface area contributed by atoms with E-state index in [1.807, 2.05) is 0 Å². The quantitative estimate of drug-likeness (QED) is 0.473. The summed E-state index contributed by atoms with van der Waals surface area (Å²) in [4.78, 5) is 9.20. The lowest BCUT2D eigenvalue weighted by molar-refractivity contribution is -0.388. The summed E-state index contributed by atoms with van der Waals surface area (Å²) in [6.07, 6.45) is -8.24. The highest BCUT2D eigenvalue weighted by atomic mass is 19.4. The highest BCUT2D eigenvalue weighted by Gasteiger charge is 2.34. The van der Waals surface area contributed by atoms with Crippen molar-refractivity contribution in [3.8, 4) is 5.75 Å². The maximum atomic E-state index is 12.2. The lowest BCUT2D eigenvalue weighted by atomic mass is 10.2. The van der Waals surface area contributed by atoms with Crippen molar-refractivity contribution in [2.45, 2.75) is 12.8 Å². The Morgan fingerprint density at radius 3 is 2.29 bits per heavy atom. The summed E-state index contributed by atoms with van der Waals surface area (Å²) in [7, 11) is 0. The summed E-state index contributed by atoms with van der Waals surface area (Å²) in [6.45, 7) is 0. The molecule has 0 N–H and O–H groups in total. The third-order valence-electron chi connectivity index (χ3n) is 1.66. The van der Waals surface area contributed by atoms with E-state index in [1.165, 1.54) is 0 Å². The second kappa shape index (κ2) is 4.52. The summed E-state index contributed by atoms with van der Waals surface area (Å²) < 4.78 is 63.4. The number of halogens is 5. The van der Waals surface area contributed by atoms with Crippen LogP contribution in [0, 0.1) is 10.1 Å². The van der Waals surface area contributed by atoms with Gasteiger partial charge in [0.05, 0.1) is 4.92 Å². The van der Waals surface area contributed by atoms with Crippen molar-refractivity contribution in [2.24, 2.45) is 0 Å². The van der Waals surface area contributed by atoms with E-state index in [-0.39, 0.29) is 6.07 Å². The van der Waals surface area contributed by atoms with Crippen LogP contribution >= 0.6 is 0 Å². The Morgan fingerprint density at radius 1 is 1.29 bits per heavy atom. The van der Waals surface area contributed by atoms with Gasteiger partial charge in [-0.3, -0.25) is 10.1 Å². The zero-order chi connectivity index (χ0) is 13.2. The van der Waals surface area contributed by atoms with Crippen molar-refractivity contribution in [1.29, 1.82) is 0 Å². The van der Waals surface area contributed by atoms with Gasteiger partial charge in [0.1, 0.15) is 0 Å². The summed E-state index contributed by atoms with van der Waals surface area (Å²) in [5, 5.41) is 10.4. The lowest BCUT2D eigenvalue weighted by Gasteiger charge is -2.10. The molecule has 0 spiro atoms. The van der Waals surface area contributed by atoms with Gasteiger partial charge in [0.2, 0.25) is 5.75 Å². The van der Waals surface area contributed by atoms with Crippen LogP contribution in [0.25, 0.3) is 0 Å². The van der Waals surface area contributed by atoms with Crippen LogP contribution < -0.4 is 4.74 Å². The van der Waals surface area contributed by atoms with Crippen molar-refractivity contribution in [2.75, 3.05) is 0 Å². The smallest absolute Gasteiger partial charge is 0.398 e. The van der Waals surface area contributed by atoms with Crippen molar-refractivity contribution < 1.29 is 31.6 Å². The van der Waals surface area contributed by atoms with Gasteiger partial charge < -0.3 is 4.74 Å². The van der Waals surface area contributed by atoms with E-state index in [2.05, 4.69) is 4.74 Å². The highest BCUT2D eigenvalue weighted by Crippen LogP contribution is 2.35. The first-order valence-electron chi connectivity index (χ1n) is 4.03. The third-order valence-corrected chi connectivity index (χ3v) is 1.66. The van der Waals surface area contributed by atoms with Crippen LogP contribution in [0.15, 0.2) is 18.2 Å². The summed E-state index contributed by atoms with van der Waals surface area (Å²) in [5.74, 6) is -1.26. The molecule has 0 bridgehead atoms. The van der Waals surface area contributed by atoms with Gasteiger partial charge in [0.25, 0.3) is 6.43 Å². The van der Waals surface area contributed by atoms with E-state index in [4.69, 9.17) is 0 Å². The van der Waals surface area contributed by atoms with E-state index in [1.54, 1.807) is 0 Å². The Bertz CT molecular complexity index is 432. The average molecular weight is 257 g/mol. The average Bonchev–Trinajstić information content (AvgIpc) is 2.14. The Hall–Kier alpha value is -1.93. The van der Waals surface area contributed by atoms with Crippen LogP contribution in [0.3, 0.4) is 0 Å². The van der Waals surface area contributed by atoms with Gasteiger partial charge in [-0.1, -0.05) is 0 Å². The maximum Gasteiger partial charge on any atom is 0.573 e. The van der Waals surface area contributed by atoms with Crippen molar-refractivity contribution in [3.63, 3.8) is 0 Å². The molecule has 0 radical (unpaired) electrons. The minimum absolute atomic E-state index is 0.288. The van der Waals surface area contributed by atoms with E-state index in [0.29, 0.717) is 12.1 Å². The fourth-order valence-electron chi connectivity index (χ4n) is 1.02. The summed E-state index contributed by atoms with van der Waals surface area (Å²) >= 11 is 0. The molecule has 0 fully saturated rings. The van der Waals surface area contributed by atoms with Crippen LogP contribution in [0.1, 0.15) is 12.0 Å². The van der Waals surface area contributed by atoms with Crippen LogP contribution in [-0.4, -0.2) is 11.3 Å². The van der Waals surface area contributed by atoms with Gasteiger partial charge in [0, 0.05) is 11.6 Å². The first-order chi connectivity index (χ1) is 7.70. The second-order valence-corrected chi connectivity index (χ2v) is 2.83. The fourth-order valence-corrected chi connectivity index (χ4v) is 1.02. The molecule has 0 heterocycles. The van der Waals surface area contributed by atoms with Crippen molar-refractivity contribution in [1.82, 2.24) is 0 Å². The first kappa shape index (κ1) is 13.1. The molecule has 94 valence electrons. The SMILES string of the molecule is O=[N+]([O-])c1ccc(C(F)F)cc1OC(F)(F)F. The number of hydrogen-bond acceptors (Lipinski definition) is 3. The molecule has 0 unspecified atom stereocenters. The summed E-state index contributed by atoms with van der Waals surface area (Å²) in [6, 6.07) is 1.48. The minimum Gasteiger partial charge on any atom is -0.398 e. The number of nitro groups is 1. The molecule has 0 aliphatic rings. The molecule has 1 rings (SSSR count). The third kappa shape index (κ3) is 3.54. The normalized spacial score (nSPS) is 11.6. The predicted octanol–water partition coefficient (Wildman–Crippen LogP) is 3.43. The number of hydrogen-bond donors (Lipinski definition) is 0. The molecular formula is C8H4F5NO3. The molecule has 0 aromatic heterocycles. The van der Waals surface area contributed by atoms with Gasteiger partial charge >= 0.3 is 12.0 Å². The molecule has 0 amide bonds. The molecule has 0 atom stereocenters. The predicted molar refractivity (Wildman–Crippen MR) is 44.7 cm³/mol. The van der Waals surface area contributed by atoms with Gasteiger partial charge in [-0.25, -0.2) is 8.78 Å². The molecule has 4 nitrogen and oxygen atoms in total. The first-order valence-corrected chi connectivity index (χ1v) is 4.03. The molecule has 0 aliphatic heterocycles. The number of alkyl halides is 5. The van der Waals surface area contributed by atoms with E-state index in [9.17, 15) is 32.1 Å². The number of benzene rings is 1. The topological polar surface area (TPSA) is 52.4 Å². The molecule has 17 heavy (non-hydrogen) atoms. The lowest BCUT2D eigenvalue weighted by Crippen LogP contribution is -2.18. The van der Waals surface area contributed by atoms with Gasteiger partial charge in [-0.15, -0.1) is 13.2 Å². The molecular weight excluding hydrogens is 253 g/mol. The molecule has 0 saturated heterocycles. The highest BCUT2D eigenvalue weighted by molar-refractivity contribution is 5.48. The Morgan fingerprint density at radius 2 is 1.88 bits per heavy atom. The van der Waals surface area contributed by atoms with E-state index >= 15 is 0 Å². The van der Waals surface area contributed by atoms with Gasteiger partial charge in [-0.05, 0) is 12.1 Å². The number of ether oxygens (including phenoxy) is 1. The Labute approximate surface area is 90.8 Å². The molecule has 1 aromatic rings. The van der Waals surface area contributed by atoms with Crippen LogP contribution in [-0.2, 0) is 0 Å². The maximum absolute atomic E-state index is 12.2. The monoisotopic (exact) mass is 257 g/mol. The van der Waals surface area contributed by atoms with E-state index < -0.39 is 34.7 Å². The van der Waals surface area contributed by atoms with Crippen molar-refractivity contribution >= 4 is 5.69 Å². The van der Waals surface area contributed by atoms with Crippen molar-refractivity contribution in [3.05, 3.63) is 33.9 Å². The zero-order valence-corrected chi connectivity index (χ0v) is 7.87. The van der Waals surface area contributed by atoms with E-state index in [0.717, 1.165) is 0 Å². The van der Waals surface area contributed by atoms with Crippen LogP contribution in [0.5, 0.6) is 5.75 Å². The fraction of sp³-hybridized carbons (Fsp3) is 0.250. The molecule has 1 aromatic carbocycles. The standard InChI is InChI=1S/C8H4F5NO3/c9-7(10)4-1-2-5(14(15)16)6(3-4)17-8(11,12)13/h1-3,7H. The minimum atomic E-state index is -5.19. The Kier molecular flexibility index (Phi) is 3.49.